The molecule has 0 aliphatic carbocycles. The van der Waals surface area contributed by atoms with Crippen LogP contribution in [0.5, 0.6) is 5.75 Å². The van der Waals surface area contributed by atoms with Gasteiger partial charge < -0.3 is 10.1 Å². The number of amides is 1. The van der Waals surface area contributed by atoms with Gasteiger partial charge in [0.25, 0.3) is 0 Å². The molecular weight excluding hydrogens is 300 g/mol. The number of hydrogen-bond acceptors (Lipinski definition) is 5. The fourth-order valence-electron chi connectivity index (χ4n) is 1.83. The SMILES string of the molecule is COc1ccc(NC(=O)C(C#N)C(=O)c2ccc(C)s2)cc1. The highest BCUT2D eigenvalue weighted by atomic mass is 32.1. The molecule has 0 bridgehead atoms. The molecule has 1 unspecified atom stereocenters. The summed E-state index contributed by atoms with van der Waals surface area (Å²) in [6.45, 7) is 1.86. The number of nitrogens with one attached hydrogen (secondary N) is 1. The molecule has 22 heavy (non-hydrogen) atoms. The normalized spacial score (nSPS) is 11.3. The van der Waals surface area contributed by atoms with Crippen molar-refractivity contribution in [3.8, 4) is 11.8 Å². The lowest BCUT2D eigenvalue weighted by Crippen LogP contribution is -2.28. The standard InChI is InChI=1S/C16H14N2O3S/c1-10-3-8-14(22-10)15(19)13(9-17)16(20)18-11-4-6-12(21-2)7-5-11/h3-8,13H,1-2H3,(H,18,20). The largest absolute Gasteiger partial charge is 0.497 e. The van der Waals surface area contributed by atoms with Gasteiger partial charge >= 0.3 is 0 Å². The molecule has 6 heteroatoms. The molecule has 0 aliphatic heterocycles. The minimum Gasteiger partial charge on any atom is -0.497 e. The zero-order valence-corrected chi connectivity index (χ0v) is 12.9. The Hall–Kier alpha value is -2.65. The minimum absolute atomic E-state index is 0.411. The Morgan fingerprint density at radius 1 is 1.23 bits per heavy atom. The van der Waals surface area contributed by atoms with Crippen LogP contribution < -0.4 is 10.1 Å². The molecule has 2 aromatic rings. The van der Waals surface area contributed by atoms with Crippen molar-refractivity contribution in [3.05, 3.63) is 46.2 Å². The van der Waals surface area contributed by atoms with Gasteiger partial charge in [-0.1, -0.05) is 0 Å². The monoisotopic (exact) mass is 314 g/mol. The minimum atomic E-state index is -1.36. The van der Waals surface area contributed by atoms with Crippen LogP contribution in [0.3, 0.4) is 0 Å². The van der Waals surface area contributed by atoms with Gasteiger partial charge in [0.05, 0.1) is 18.1 Å². The number of benzene rings is 1. The number of nitriles is 1. The second-order valence-electron chi connectivity index (χ2n) is 4.55. The molecule has 0 saturated heterocycles. The van der Waals surface area contributed by atoms with Crippen LogP contribution in [-0.4, -0.2) is 18.8 Å². The van der Waals surface area contributed by atoms with E-state index in [-0.39, 0.29) is 0 Å². The number of aryl methyl sites for hydroxylation is 1. The summed E-state index contributed by atoms with van der Waals surface area (Å²) in [5.74, 6) is -1.82. The zero-order valence-electron chi connectivity index (χ0n) is 12.1. The third kappa shape index (κ3) is 3.51. The van der Waals surface area contributed by atoms with E-state index >= 15 is 0 Å². The van der Waals surface area contributed by atoms with E-state index in [9.17, 15) is 9.59 Å². The van der Waals surface area contributed by atoms with Crippen molar-refractivity contribution >= 4 is 28.7 Å². The van der Waals surface area contributed by atoms with Crippen LogP contribution in [0.2, 0.25) is 0 Å². The van der Waals surface area contributed by atoms with E-state index < -0.39 is 17.6 Å². The third-order valence-electron chi connectivity index (χ3n) is 2.99. The van der Waals surface area contributed by atoms with Crippen molar-refractivity contribution in [2.24, 2.45) is 5.92 Å². The maximum Gasteiger partial charge on any atom is 0.249 e. The summed E-state index contributed by atoms with van der Waals surface area (Å²) in [6, 6.07) is 11.8. The second-order valence-corrected chi connectivity index (χ2v) is 5.84. The number of thiophene rings is 1. The summed E-state index contributed by atoms with van der Waals surface area (Å²) in [6.07, 6.45) is 0. The van der Waals surface area contributed by atoms with E-state index in [0.29, 0.717) is 16.3 Å². The quantitative estimate of drug-likeness (QED) is 0.679. The van der Waals surface area contributed by atoms with Gasteiger partial charge in [-0.15, -0.1) is 11.3 Å². The first kappa shape index (κ1) is 15.7. The van der Waals surface area contributed by atoms with E-state index in [1.165, 1.54) is 11.3 Å². The zero-order chi connectivity index (χ0) is 16.1. The highest BCUT2D eigenvalue weighted by Crippen LogP contribution is 2.21. The summed E-state index contributed by atoms with van der Waals surface area (Å²) in [5.41, 5.74) is 0.501. The Bertz CT molecular complexity index is 729. The maximum atomic E-state index is 12.2. The van der Waals surface area contributed by atoms with Crippen molar-refractivity contribution in [1.82, 2.24) is 0 Å². The van der Waals surface area contributed by atoms with Gasteiger partial charge in [-0.3, -0.25) is 9.59 Å². The first-order chi connectivity index (χ1) is 10.5. The van der Waals surface area contributed by atoms with Gasteiger partial charge in [0.1, 0.15) is 5.75 Å². The molecular formula is C16H14N2O3S. The highest BCUT2D eigenvalue weighted by molar-refractivity contribution is 7.14. The highest BCUT2D eigenvalue weighted by Gasteiger charge is 2.28. The molecule has 0 aliphatic rings. The second kappa shape index (κ2) is 6.87. The van der Waals surface area contributed by atoms with E-state index in [4.69, 9.17) is 10.00 Å². The molecule has 1 aromatic carbocycles. The molecule has 0 saturated carbocycles. The topological polar surface area (TPSA) is 79.2 Å². The molecule has 1 atom stereocenters. The molecule has 0 fully saturated rings. The molecule has 1 heterocycles. The van der Waals surface area contributed by atoms with Gasteiger partial charge in [0.2, 0.25) is 5.91 Å². The molecule has 0 radical (unpaired) electrons. The summed E-state index contributed by atoms with van der Waals surface area (Å²) < 4.78 is 5.02. The van der Waals surface area contributed by atoms with Crippen molar-refractivity contribution in [2.45, 2.75) is 6.92 Å². The van der Waals surface area contributed by atoms with Gasteiger partial charge in [-0.25, -0.2) is 0 Å². The molecule has 5 nitrogen and oxygen atoms in total. The van der Waals surface area contributed by atoms with Crippen LogP contribution in [-0.2, 0) is 4.79 Å². The van der Waals surface area contributed by atoms with E-state index in [1.807, 2.05) is 6.92 Å². The number of anilines is 1. The number of Topliss-reactive ketones (excluding diaryl/α,β-unsaturated/α-hetero) is 1. The molecule has 2 rings (SSSR count). The first-order valence-corrected chi connectivity index (χ1v) is 7.32. The fourth-order valence-corrected chi connectivity index (χ4v) is 2.67. The van der Waals surface area contributed by atoms with Gasteiger partial charge in [-0.2, -0.15) is 5.26 Å². The van der Waals surface area contributed by atoms with Gasteiger partial charge in [0.15, 0.2) is 11.7 Å². The predicted octanol–water partition coefficient (Wildman–Crippen LogP) is 3.03. The van der Waals surface area contributed by atoms with Crippen molar-refractivity contribution < 1.29 is 14.3 Å². The molecule has 1 N–H and O–H groups in total. The van der Waals surface area contributed by atoms with Crippen LogP contribution in [0, 0.1) is 24.2 Å². The van der Waals surface area contributed by atoms with Crippen LogP contribution in [0.1, 0.15) is 14.5 Å². The molecule has 0 spiro atoms. The van der Waals surface area contributed by atoms with E-state index in [1.54, 1.807) is 49.6 Å². The Balaban J connectivity index is 2.11. The number of carbonyl (C=O) groups excluding carboxylic acids is 2. The Kier molecular flexibility index (Phi) is 4.92. The maximum absolute atomic E-state index is 12.2. The van der Waals surface area contributed by atoms with Crippen molar-refractivity contribution in [1.29, 1.82) is 5.26 Å². The summed E-state index contributed by atoms with van der Waals surface area (Å²) in [4.78, 5) is 25.7. The Morgan fingerprint density at radius 2 is 1.91 bits per heavy atom. The van der Waals surface area contributed by atoms with E-state index in [2.05, 4.69) is 5.32 Å². The average molecular weight is 314 g/mol. The lowest BCUT2D eigenvalue weighted by molar-refractivity contribution is -0.117. The smallest absolute Gasteiger partial charge is 0.249 e. The van der Waals surface area contributed by atoms with Crippen molar-refractivity contribution in [3.63, 3.8) is 0 Å². The van der Waals surface area contributed by atoms with Crippen molar-refractivity contribution in [2.75, 3.05) is 12.4 Å². The van der Waals surface area contributed by atoms with E-state index in [0.717, 1.165) is 4.88 Å². The number of ketones is 1. The van der Waals surface area contributed by atoms with Gasteiger partial charge in [-0.05, 0) is 43.3 Å². The summed E-state index contributed by atoms with van der Waals surface area (Å²) in [5, 5.41) is 11.7. The Morgan fingerprint density at radius 3 is 2.41 bits per heavy atom. The summed E-state index contributed by atoms with van der Waals surface area (Å²) >= 11 is 1.27. The number of carbonyl (C=O) groups is 2. The fraction of sp³-hybridized carbons (Fsp3) is 0.188. The molecule has 112 valence electrons. The van der Waals surface area contributed by atoms with Crippen LogP contribution >= 0.6 is 11.3 Å². The summed E-state index contributed by atoms with van der Waals surface area (Å²) in [7, 11) is 1.54. The number of ether oxygens (including phenoxy) is 1. The van der Waals surface area contributed by atoms with Crippen LogP contribution in [0.4, 0.5) is 5.69 Å². The molecule has 1 aromatic heterocycles. The van der Waals surface area contributed by atoms with Crippen LogP contribution in [0.25, 0.3) is 0 Å². The third-order valence-corrected chi connectivity index (χ3v) is 4.01. The molecule has 1 amide bonds. The average Bonchev–Trinajstić information content (AvgIpc) is 2.95. The lowest BCUT2D eigenvalue weighted by atomic mass is 10.0. The van der Waals surface area contributed by atoms with Crippen LogP contribution in [0.15, 0.2) is 36.4 Å². The first-order valence-electron chi connectivity index (χ1n) is 6.50. The Labute approximate surface area is 132 Å². The number of methoxy groups -OCH3 is 1. The van der Waals surface area contributed by atoms with Gasteiger partial charge in [0, 0.05) is 10.6 Å². The predicted molar refractivity (Wildman–Crippen MR) is 84.1 cm³/mol. The number of nitrogens with zero attached hydrogens (tertiary/aromatic N) is 1. The number of rotatable bonds is 5. The lowest BCUT2D eigenvalue weighted by Gasteiger charge is -2.09. The number of hydrogen-bond donors (Lipinski definition) is 1.